The Bertz CT molecular complexity index is 311. The fourth-order valence-corrected chi connectivity index (χ4v) is 1.32. The van der Waals surface area contributed by atoms with Gasteiger partial charge in [0, 0.05) is 7.68 Å². The number of hydrogen-bond donors (Lipinski definition) is 1. The summed E-state index contributed by atoms with van der Waals surface area (Å²) in [6.45, 7) is 4.00. The van der Waals surface area contributed by atoms with Crippen molar-refractivity contribution in [3.63, 3.8) is 0 Å². The third-order valence-electron chi connectivity index (χ3n) is 1.17. The minimum absolute atomic E-state index is 0. The highest BCUT2D eigenvalue weighted by Gasteiger charge is 2.02. The van der Waals surface area contributed by atoms with Gasteiger partial charge in [-0.2, -0.15) is 0 Å². The first kappa shape index (κ1) is 15.6. The molecule has 84 valence electrons. The lowest BCUT2D eigenvalue weighted by Crippen LogP contribution is -1.95. The number of nitrogens with two attached hydrogens (primary N) is 1. The Morgan fingerprint density at radius 1 is 1.07 bits per heavy atom. The lowest BCUT2D eigenvalue weighted by atomic mass is 10.4. The van der Waals surface area contributed by atoms with E-state index in [-0.39, 0.29) is 1.43 Å². The van der Waals surface area contributed by atoms with Crippen LogP contribution in [0.4, 0.5) is 0 Å². The van der Waals surface area contributed by atoms with E-state index in [9.17, 15) is 8.42 Å². The van der Waals surface area contributed by atoms with Gasteiger partial charge in [-0.3, -0.25) is 0 Å². The monoisotopic (exact) mass is 219 g/mol. The van der Waals surface area contributed by atoms with Crippen molar-refractivity contribution in [3.05, 3.63) is 30.3 Å². The van der Waals surface area contributed by atoms with E-state index in [2.05, 4.69) is 5.73 Å². The Hall–Kier alpha value is -0.870. The van der Waals surface area contributed by atoms with E-state index in [1.165, 1.54) is 13.3 Å². The number of benzene rings is 1. The summed E-state index contributed by atoms with van der Waals surface area (Å²) in [5.74, 6) is 0. The minimum atomic E-state index is -3.00. The van der Waals surface area contributed by atoms with E-state index in [0.717, 1.165) is 0 Å². The second-order valence-corrected chi connectivity index (χ2v) is 4.10. The molecule has 1 aromatic carbocycles. The smallest absolute Gasteiger partial charge is 0.175 e. The normalized spacial score (nSPS) is 8.93. The van der Waals surface area contributed by atoms with E-state index in [4.69, 9.17) is 0 Å². The highest BCUT2D eigenvalue weighted by molar-refractivity contribution is 7.90. The van der Waals surface area contributed by atoms with Crippen molar-refractivity contribution in [1.82, 2.24) is 0 Å². The quantitative estimate of drug-likeness (QED) is 0.785. The minimum Gasteiger partial charge on any atom is -0.333 e. The average Bonchev–Trinajstić information content (AvgIpc) is 2.24. The summed E-state index contributed by atoms with van der Waals surface area (Å²) >= 11 is 0. The maximum Gasteiger partial charge on any atom is 0.175 e. The average molecular weight is 219 g/mol. The van der Waals surface area contributed by atoms with Gasteiger partial charge in [0.05, 0.1) is 4.90 Å². The van der Waals surface area contributed by atoms with Crippen molar-refractivity contribution in [3.8, 4) is 0 Å². The SMILES string of the molecule is CC.CN.CS(=O)(=O)c1ccccc1.[HH]. The van der Waals surface area contributed by atoms with Crippen molar-refractivity contribution in [2.75, 3.05) is 13.3 Å². The van der Waals surface area contributed by atoms with E-state index >= 15 is 0 Å². The molecule has 14 heavy (non-hydrogen) atoms. The van der Waals surface area contributed by atoms with E-state index in [1.54, 1.807) is 30.3 Å². The maximum absolute atomic E-state index is 10.8. The number of hydrogen-bond acceptors (Lipinski definition) is 3. The van der Waals surface area contributed by atoms with Crippen LogP contribution in [0.2, 0.25) is 0 Å². The summed E-state index contributed by atoms with van der Waals surface area (Å²) in [5.41, 5.74) is 4.50. The van der Waals surface area contributed by atoms with Crippen LogP contribution in [0.5, 0.6) is 0 Å². The standard InChI is InChI=1S/C7H8O2S.C2H6.CH5N.H2/c1-10(8,9)7-5-3-2-4-6-7;2*1-2;/h2-6H,1H3;1-2H3;2H2,1H3;1H. The summed E-state index contributed by atoms with van der Waals surface area (Å²) in [4.78, 5) is 0.370. The second-order valence-electron chi connectivity index (χ2n) is 2.09. The molecule has 0 spiro atoms. The van der Waals surface area contributed by atoms with Crippen molar-refractivity contribution >= 4 is 9.84 Å². The predicted octanol–water partition coefficient (Wildman–Crippen LogP) is 1.94. The van der Waals surface area contributed by atoms with Gasteiger partial charge < -0.3 is 5.73 Å². The molecule has 0 radical (unpaired) electrons. The molecule has 0 fully saturated rings. The number of rotatable bonds is 1. The molecular weight excluding hydrogens is 198 g/mol. The molecule has 0 aromatic heterocycles. The van der Waals surface area contributed by atoms with Crippen molar-refractivity contribution < 1.29 is 9.84 Å². The largest absolute Gasteiger partial charge is 0.333 e. The topological polar surface area (TPSA) is 60.2 Å². The van der Waals surface area contributed by atoms with Gasteiger partial charge in [-0.05, 0) is 19.2 Å². The molecule has 4 heteroatoms. The van der Waals surface area contributed by atoms with Crippen LogP contribution in [-0.4, -0.2) is 21.7 Å². The van der Waals surface area contributed by atoms with Crippen LogP contribution in [0.15, 0.2) is 35.2 Å². The van der Waals surface area contributed by atoms with Crippen LogP contribution in [0.3, 0.4) is 0 Å². The molecule has 0 aliphatic heterocycles. The molecule has 0 atom stereocenters. The molecule has 0 unspecified atom stereocenters. The van der Waals surface area contributed by atoms with E-state index in [0.29, 0.717) is 4.90 Å². The summed E-state index contributed by atoms with van der Waals surface area (Å²) in [6.07, 6.45) is 1.20. The molecule has 0 saturated heterocycles. The van der Waals surface area contributed by atoms with Gasteiger partial charge in [-0.15, -0.1) is 0 Å². The molecule has 3 nitrogen and oxygen atoms in total. The zero-order valence-electron chi connectivity index (χ0n) is 9.19. The van der Waals surface area contributed by atoms with Gasteiger partial charge in [0.25, 0.3) is 0 Å². The van der Waals surface area contributed by atoms with Gasteiger partial charge in [-0.1, -0.05) is 32.0 Å². The fraction of sp³-hybridized carbons (Fsp3) is 0.400. The molecule has 0 saturated carbocycles. The Balaban J connectivity index is -0.000000258. The predicted molar refractivity (Wildman–Crippen MR) is 63.1 cm³/mol. The fourth-order valence-electron chi connectivity index (χ4n) is 0.668. The summed E-state index contributed by atoms with van der Waals surface area (Å²) in [6, 6.07) is 8.35. The number of sulfone groups is 1. The van der Waals surface area contributed by atoms with Crippen molar-refractivity contribution in [1.29, 1.82) is 0 Å². The van der Waals surface area contributed by atoms with Gasteiger partial charge in [0.2, 0.25) is 0 Å². The van der Waals surface area contributed by atoms with Gasteiger partial charge in [0.15, 0.2) is 9.84 Å². The molecule has 1 rings (SSSR count). The van der Waals surface area contributed by atoms with Crippen molar-refractivity contribution in [2.24, 2.45) is 5.73 Å². The van der Waals surface area contributed by atoms with E-state index < -0.39 is 9.84 Å². The lowest BCUT2D eigenvalue weighted by Gasteiger charge is -1.93. The second kappa shape index (κ2) is 8.72. The summed E-state index contributed by atoms with van der Waals surface area (Å²) in [5, 5.41) is 0. The van der Waals surface area contributed by atoms with Crippen LogP contribution in [0, 0.1) is 0 Å². The third kappa shape index (κ3) is 6.62. The molecule has 1 aromatic rings. The van der Waals surface area contributed by atoms with Crippen LogP contribution < -0.4 is 5.73 Å². The van der Waals surface area contributed by atoms with Crippen LogP contribution in [-0.2, 0) is 9.84 Å². The lowest BCUT2D eigenvalue weighted by molar-refractivity contribution is 0.602. The first-order chi connectivity index (χ1) is 6.61. The maximum atomic E-state index is 10.8. The molecule has 0 amide bonds. The molecule has 0 aliphatic carbocycles. The van der Waals surface area contributed by atoms with Crippen LogP contribution in [0.25, 0.3) is 0 Å². The third-order valence-corrected chi connectivity index (χ3v) is 2.30. The zero-order chi connectivity index (χ0) is 11.6. The molecule has 2 N–H and O–H groups in total. The summed E-state index contributed by atoms with van der Waals surface area (Å²) < 4.78 is 21.7. The van der Waals surface area contributed by atoms with Gasteiger partial charge in [-0.25, -0.2) is 8.42 Å². The molecule has 0 heterocycles. The highest BCUT2D eigenvalue weighted by atomic mass is 32.2. The molecule has 0 aliphatic rings. The zero-order valence-corrected chi connectivity index (χ0v) is 10.0. The Morgan fingerprint density at radius 3 is 1.64 bits per heavy atom. The first-order valence-electron chi connectivity index (χ1n) is 4.43. The Kier molecular flexibility index (Phi) is 9.71. The first-order valence-corrected chi connectivity index (χ1v) is 6.33. The molecular formula is C10H21NO2S. The molecule has 0 bridgehead atoms. The van der Waals surface area contributed by atoms with Gasteiger partial charge in [0.1, 0.15) is 0 Å². The van der Waals surface area contributed by atoms with Gasteiger partial charge >= 0.3 is 0 Å². The van der Waals surface area contributed by atoms with Crippen LogP contribution >= 0.6 is 0 Å². The van der Waals surface area contributed by atoms with Crippen LogP contribution in [0.1, 0.15) is 15.3 Å². The Morgan fingerprint density at radius 2 is 1.43 bits per heavy atom. The Labute approximate surface area is 88.4 Å². The highest BCUT2D eigenvalue weighted by Crippen LogP contribution is 2.05. The van der Waals surface area contributed by atoms with Crippen molar-refractivity contribution in [2.45, 2.75) is 18.7 Å². The van der Waals surface area contributed by atoms with E-state index in [1.807, 2.05) is 13.8 Å². The summed E-state index contributed by atoms with van der Waals surface area (Å²) in [7, 11) is -1.50.